The number of nitrogens with one attached hydrogen (secondary N) is 1. The number of aromatic nitrogens is 2. The van der Waals surface area contributed by atoms with Gasteiger partial charge in [0.25, 0.3) is 5.91 Å². The van der Waals surface area contributed by atoms with E-state index in [-0.39, 0.29) is 6.42 Å². The normalized spacial score (nSPS) is 11.6. The van der Waals surface area contributed by atoms with E-state index in [0.29, 0.717) is 11.4 Å². The van der Waals surface area contributed by atoms with Crippen molar-refractivity contribution in [3.63, 3.8) is 0 Å². The Balaban J connectivity index is 1.65. The van der Waals surface area contributed by atoms with Crippen molar-refractivity contribution in [1.82, 2.24) is 9.78 Å². The fraction of sp³-hybridized carbons (Fsp3) is 0.261. The first kappa shape index (κ1) is 21.1. The second-order valence-electron chi connectivity index (χ2n) is 6.90. The highest BCUT2D eigenvalue weighted by atomic mass is 16.5. The van der Waals surface area contributed by atoms with Crippen molar-refractivity contribution in [2.75, 3.05) is 12.4 Å². The molecule has 0 radical (unpaired) electrons. The number of ether oxygens (including phenoxy) is 2. The summed E-state index contributed by atoms with van der Waals surface area (Å²) in [7, 11) is 1.52. The Morgan fingerprint density at radius 3 is 2.43 bits per heavy atom. The lowest BCUT2D eigenvalue weighted by atomic mass is 10.1. The molecule has 1 atom stereocenters. The highest BCUT2D eigenvalue weighted by Crippen LogP contribution is 2.23. The van der Waals surface area contributed by atoms with E-state index in [1.165, 1.54) is 14.0 Å². The van der Waals surface area contributed by atoms with E-state index in [0.717, 1.165) is 22.6 Å². The number of anilines is 1. The Kier molecular flexibility index (Phi) is 6.51. The summed E-state index contributed by atoms with van der Waals surface area (Å²) in [5.74, 6) is -0.387. The van der Waals surface area contributed by atoms with Crippen molar-refractivity contribution in [2.24, 2.45) is 0 Å². The van der Waals surface area contributed by atoms with Crippen molar-refractivity contribution in [3.8, 4) is 11.4 Å². The lowest BCUT2D eigenvalue weighted by molar-refractivity contribution is -0.152. The smallest absolute Gasteiger partial charge is 0.311 e. The molecule has 3 aromatic rings. The maximum absolute atomic E-state index is 12.5. The minimum Gasteiger partial charge on any atom is -0.495 e. The van der Waals surface area contributed by atoms with Crippen molar-refractivity contribution >= 4 is 17.6 Å². The molecule has 1 N–H and O–H groups in total. The highest BCUT2D eigenvalue weighted by molar-refractivity contribution is 5.96. The molecule has 0 aliphatic heterocycles. The molecule has 0 spiro atoms. The van der Waals surface area contributed by atoms with Gasteiger partial charge < -0.3 is 14.8 Å². The third kappa shape index (κ3) is 4.68. The first-order valence-corrected chi connectivity index (χ1v) is 9.64. The van der Waals surface area contributed by atoms with E-state index in [2.05, 4.69) is 10.4 Å². The summed E-state index contributed by atoms with van der Waals surface area (Å²) in [5, 5.41) is 7.26. The van der Waals surface area contributed by atoms with Crippen LogP contribution in [0.4, 0.5) is 5.69 Å². The average molecular weight is 407 g/mol. The van der Waals surface area contributed by atoms with Crippen LogP contribution in [-0.2, 0) is 20.7 Å². The average Bonchev–Trinajstić information content (AvgIpc) is 3.02. The van der Waals surface area contributed by atoms with E-state index in [4.69, 9.17) is 9.47 Å². The van der Waals surface area contributed by atoms with Gasteiger partial charge in [-0.3, -0.25) is 9.59 Å². The predicted molar refractivity (Wildman–Crippen MR) is 114 cm³/mol. The van der Waals surface area contributed by atoms with E-state index in [1.54, 1.807) is 28.9 Å². The van der Waals surface area contributed by atoms with Crippen LogP contribution < -0.4 is 10.1 Å². The molecule has 0 saturated heterocycles. The number of methoxy groups -OCH3 is 1. The molecular weight excluding hydrogens is 382 g/mol. The van der Waals surface area contributed by atoms with Crippen molar-refractivity contribution < 1.29 is 19.1 Å². The molecule has 7 nitrogen and oxygen atoms in total. The van der Waals surface area contributed by atoms with Gasteiger partial charge in [0.05, 0.1) is 30.6 Å². The van der Waals surface area contributed by atoms with Crippen LogP contribution in [-0.4, -0.2) is 34.9 Å². The summed E-state index contributed by atoms with van der Waals surface area (Å²) in [6.07, 6.45) is -0.913. The number of esters is 1. The van der Waals surface area contributed by atoms with Gasteiger partial charge in [0.2, 0.25) is 0 Å². The summed E-state index contributed by atoms with van der Waals surface area (Å²) >= 11 is 0. The Hall–Kier alpha value is -3.61. The fourth-order valence-electron chi connectivity index (χ4n) is 3.17. The number of para-hydroxylation sites is 3. The lowest BCUT2D eigenvalue weighted by Gasteiger charge is -2.15. The molecule has 156 valence electrons. The zero-order valence-electron chi connectivity index (χ0n) is 17.5. The first-order chi connectivity index (χ1) is 14.4. The summed E-state index contributed by atoms with van der Waals surface area (Å²) in [4.78, 5) is 24.9. The number of rotatable bonds is 7. The SMILES string of the molecule is COc1ccccc1NC(=O)[C@H](C)OC(=O)Cc1c(C)nn(-c2ccccc2)c1C. The zero-order valence-corrected chi connectivity index (χ0v) is 17.5. The van der Waals surface area contributed by atoms with Crippen LogP contribution in [0.5, 0.6) is 5.75 Å². The third-order valence-electron chi connectivity index (χ3n) is 4.81. The number of hydrogen-bond acceptors (Lipinski definition) is 5. The standard InChI is InChI=1S/C23H25N3O4/c1-15-19(16(2)26(25-15)18-10-6-5-7-11-18)14-22(27)30-17(3)23(28)24-20-12-8-9-13-21(20)29-4/h5-13,17H,14H2,1-4H3,(H,24,28)/t17-/m0/s1. The number of carbonyl (C=O) groups is 2. The van der Waals surface area contributed by atoms with Crippen LogP contribution in [0.2, 0.25) is 0 Å². The molecule has 1 heterocycles. The largest absolute Gasteiger partial charge is 0.495 e. The molecular formula is C23H25N3O4. The van der Waals surface area contributed by atoms with Gasteiger partial charge in [-0.1, -0.05) is 30.3 Å². The minimum absolute atomic E-state index is 0.0385. The van der Waals surface area contributed by atoms with Crippen LogP contribution in [0.1, 0.15) is 23.9 Å². The van der Waals surface area contributed by atoms with Crippen LogP contribution in [0.15, 0.2) is 54.6 Å². The van der Waals surface area contributed by atoms with E-state index >= 15 is 0 Å². The molecule has 0 saturated carbocycles. The summed E-state index contributed by atoms with van der Waals surface area (Å²) in [6.45, 7) is 5.30. The second-order valence-corrected chi connectivity index (χ2v) is 6.90. The number of aryl methyl sites for hydroxylation is 1. The van der Waals surface area contributed by atoms with Gasteiger partial charge in [0.1, 0.15) is 5.75 Å². The minimum atomic E-state index is -0.952. The Morgan fingerprint density at radius 1 is 1.07 bits per heavy atom. The molecule has 0 bridgehead atoms. The lowest BCUT2D eigenvalue weighted by Crippen LogP contribution is -2.30. The predicted octanol–water partition coefficient (Wildman–Crippen LogP) is 3.61. The molecule has 3 rings (SSSR count). The number of hydrogen-bond donors (Lipinski definition) is 1. The molecule has 0 fully saturated rings. The summed E-state index contributed by atoms with van der Waals surface area (Å²) in [5.41, 5.74) is 3.84. The number of carbonyl (C=O) groups excluding carboxylic acids is 2. The van der Waals surface area contributed by atoms with Crippen LogP contribution in [0.25, 0.3) is 5.69 Å². The Morgan fingerprint density at radius 2 is 1.73 bits per heavy atom. The van der Waals surface area contributed by atoms with E-state index < -0.39 is 18.0 Å². The Bertz CT molecular complexity index is 1040. The molecule has 0 unspecified atom stereocenters. The maximum Gasteiger partial charge on any atom is 0.311 e. The van der Waals surface area contributed by atoms with Gasteiger partial charge in [-0.2, -0.15) is 5.10 Å². The van der Waals surface area contributed by atoms with Crippen LogP contribution >= 0.6 is 0 Å². The molecule has 7 heteroatoms. The summed E-state index contributed by atoms with van der Waals surface area (Å²) < 4.78 is 12.4. The number of amides is 1. The first-order valence-electron chi connectivity index (χ1n) is 9.64. The fourth-order valence-corrected chi connectivity index (χ4v) is 3.17. The number of nitrogens with zero attached hydrogens (tertiary/aromatic N) is 2. The molecule has 2 aromatic carbocycles. The van der Waals surface area contributed by atoms with Crippen molar-refractivity contribution in [1.29, 1.82) is 0 Å². The van der Waals surface area contributed by atoms with E-state index in [9.17, 15) is 9.59 Å². The topological polar surface area (TPSA) is 82.4 Å². The van der Waals surface area contributed by atoms with Gasteiger partial charge in [0.15, 0.2) is 6.10 Å². The van der Waals surface area contributed by atoms with Gasteiger partial charge in [0, 0.05) is 11.3 Å². The third-order valence-corrected chi connectivity index (χ3v) is 4.81. The second kappa shape index (κ2) is 9.26. The summed E-state index contributed by atoms with van der Waals surface area (Å²) in [6, 6.07) is 16.7. The van der Waals surface area contributed by atoms with Gasteiger partial charge in [-0.05, 0) is 45.0 Å². The molecule has 1 aromatic heterocycles. The monoisotopic (exact) mass is 407 g/mol. The van der Waals surface area contributed by atoms with Gasteiger partial charge in [-0.25, -0.2) is 4.68 Å². The van der Waals surface area contributed by atoms with Gasteiger partial charge in [-0.15, -0.1) is 0 Å². The van der Waals surface area contributed by atoms with Crippen molar-refractivity contribution in [2.45, 2.75) is 33.3 Å². The van der Waals surface area contributed by atoms with E-state index in [1.807, 2.05) is 44.2 Å². The maximum atomic E-state index is 12.5. The Labute approximate surface area is 175 Å². The molecule has 30 heavy (non-hydrogen) atoms. The van der Waals surface area contributed by atoms with Crippen LogP contribution in [0, 0.1) is 13.8 Å². The molecule has 0 aliphatic carbocycles. The van der Waals surface area contributed by atoms with Crippen LogP contribution in [0.3, 0.4) is 0 Å². The zero-order chi connectivity index (χ0) is 21.7. The molecule has 0 aliphatic rings. The van der Waals surface area contributed by atoms with Gasteiger partial charge >= 0.3 is 5.97 Å². The van der Waals surface area contributed by atoms with Crippen molar-refractivity contribution in [3.05, 3.63) is 71.5 Å². The molecule has 1 amide bonds. The highest BCUT2D eigenvalue weighted by Gasteiger charge is 2.22. The number of benzene rings is 2. The quantitative estimate of drug-likeness (QED) is 0.605.